The molecule has 0 aromatic heterocycles. The fourth-order valence-corrected chi connectivity index (χ4v) is 1.26. The Bertz CT molecular complexity index is 103. The first-order valence-corrected chi connectivity index (χ1v) is 4.38. The summed E-state index contributed by atoms with van der Waals surface area (Å²) in [5.74, 6) is 0.450. The Kier molecular flexibility index (Phi) is 6.24. The largest absolute Gasteiger partial charge is 0.393 e. The molecular formula is C10H19O. The molecule has 0 heterocycles. The molecule has 0 saturated carbocycles. The highest BCUT2D eigenvalue weighted by Crippen LogP contribution is 2.15. The second kappa shape index (κ2) is 6.41. The van der Waals surface area contributed by atoms with E-state index in [1.54, 1.807) is 6.08 Å². The summed E-state index contributed by atoms with van der Waals surface area (Å²) in [6, 6.07) is 0. The lowest BCUT2D eigenvalue weighted by molar-refractivity contribution is 0.105. The maximum atomic E-state index is 9.56. The zero-order chi connectivity index (χ0) is 8.69. The van der Waals surface area contributed by atoms with Crippen LogP contribution in [0.2, 0.25) is 0 Å². The van der Waals surface area contributed by atoms with Crippen LogP contribution in [0, 0.1) is 12.8 Å². The van der Waals surface area contributed by atoms with E-state index in [9.17, 15) is 5.11 Å². The second-order valence-electron chi connectivity index (χ2n) is 2.85. The van der Waals surface area contributed by atoms with Crippen LogP contribution in [-0.2, 0) is 0 Å². The van der Waals surface area contributed by atoms with E-state index in [1.807, 2.05) is 6.08 Å². The van der Waals surface area contributed by atoms with Gasteiger partial charge in [-0.3, -0.25) is 0 Å². The molecule has 0 aliphatic rings. The van der Waals surface area contributed by atoms with Gasteiger partial charge in [-0.2, -0.15) is 0 Å². The third-order valence-electron chi connectivity index (χ3n) is 2.14. The van der Waals surface area contributed by atoms with Gasteiger partial charge in [0, 0.05) is 0 Å². The fraction of sp³-hybridized carbons (Fsp3) is 0.700. The minimum atomic E-state index is -0.178. The lowest BCUT2D eigenvalue weighted by atomic mass is 9.94. The van der Waals surface area contributed by atoms with Crippen LogP contribution in [0.15, 0.2) is 12.2 Å². The molecule has 0 amide bonds. The first-order valence-electron chi connectivity index (χ1n) is 4.38. The number of aliphatic hydroxyl groups excluding tert-OH is 1. The molecule has 0 rings (SSSR count). The van der Waals surface area contributed by atoms with Crippen LogP contribution >= 0.6 is 0 Å². The number of aliphatic hydroxyl groups is 1. The van der Waals surface area contributed by atoms with E-state index in [1.165, 1.54) is 0 Å². The topological polar surface area (TPSA) is 20.2 Å². The molecule has 0 fully saturated rings. The molecule has 1 atom stereocenters. The van der Waals surface area contributed by atoms with Crippen molar-refractivity contribution >= 4 is 0 Å². The molecule has 0 aromatic carbocycles. The maximum Gasteiger partial charge on any atom is 0.0602 e. The lowest BCUT2D eigenvalue weighted by Gasteiger charge is -2.17. The van der Waals surface area contributed by atoms with Gasteiger partial charge in [0.15, 0.2) is 0 Å². The zero-order valence-electron chi connectivity index (χ0n) is 7.59. The average Bonchev–Trinajstić information content (AvgIpc) is 2.03. The van der Waals surface area contributed by atoms with Crippen molar-refractivity contribution in [2.45, 2.75) is 39.2 Å². The first kappa shape index (κ1) is 10.7. The van der Waals surface area contributed by atoms with Crippen LogP contribution in [0.25, 0.3) is 0 Å². The minimum absolute atomic E-state index is 0.178. The number of hydrogen-bond donors (Lipinski definition) is 1. The van der Waals surface area contributed by atoms with E-state index in [-0.39, 0.29) is 6.10 Å². The Balaban J connectivity index is 3.68. The van der Waals surface area contributed by atoms with Crippen LogP contribution < -0.4 is 0 Å². The van der Waals surface area contributed by atoms with Crippen molar-refractivity contribution in [1.29, 1.82) is 0 Å². The van der Waals surface area contributed by atoms with E-state index in [0.29, 0.717) is 5.92 Å². The summed E-state index contributed by atoms with van der Waals surface area (Å²) in [5.41, 5.74) is 0. The molecule has 0 aliphatic carbocycles. The van der Waals surface area contributed by atoms with Crippen molar-refractivity contribution in [2.75, 3.05) is 0 Å². The number of rotatable bonds is 5. The summed E-state index contributed by atoms with van der Waals surface area (Å²) in [7, 11) is 0. The summed E-state index contributed by atoms with van der Waals surface area (Å²) >= 11 is 0. The third kappa shape index (κ3) is 4.20. The molecule has 1 N–H and O–H groups in total. The van der Waals surface area contributed by atoms with Crippen LogP contribution in [0.1, 0.15) is 33.1 Å². The Morgan fingerprint density at radius 2 is 1.91 bits per heavy atom. The molecule has 1 radical (unpaired) electrons. The zero-order valence-corrected chi connectivity index (χ0v) is 7.59. The molecule has 0 aromatic rings. The van der Waals surface area contributed by atoms with Crippen molar-refractivity contribution in [3.63, 3.8) is 0 Å². The van der Waals surface area contributed by atoms with E-state index in [4.69, 9.17) is 0 Å². The summed E-state index contributed by atoms with van der Waals surface area (Å²) in [4.78, 5) is 0. The molecule has 0 spiro atoms. The summed E-state index contributed by atoms with van der Waals surface area (Å²) in [5, 5.41) is 9.56. The molecule has 0 aliphatic heterocycles. The highest BCUT2D eigenvalue weighted by Gasteiger charge is 2.12. The van der Waals surface area contributed by atoms with Gasteiger partial charge in [-0.05, 0) is 19.3 Å². The predicted octanol–water partition coefficient (Wildman–Crippen LogP) is 2.56. The van der Waals surface area contributed by atoms with Gasteiger partial charge >= 0.3 is 0 Å². The fourth-order valence-electron chi connectivity index (χ4n) is 1.26. The van der Waals surface area contributed by atoms with Crippen LogP contribution in [0.3, 0.4) is 0 Å². The summed E-state index contributed by atoms with van der Waals surface area (Å²) < 4.78 is 0. The van der Waals surface area contributed by atoms with Gasteiger partial charge in [0.25, 0.3) is 0 Å². The smallest absolute Gasteiger partial charge is 0.0602 e. The van der Waals surface area contributed by atoms with Gasteiger partial charge in [-0.15, -0.1) is 0 Å². The van der Waals surface area contributed by atoms with Gasteiger partial charge in [-0.1, -0.05) is 38.8 Å². The Labute approximate surface area is 70.1 Å². The van der Waals surface area contributed by atoms with Crippen molar-refractivity contribution in [1.82, 2.24) is 0 Å². The van der Waals surface area contributed by atoms with Crippen molar-refractivity contribution in [2.24, 2.45) is 5.92 Å². The SMILES string of the molecule is [CH2]C=CCC(O)C(CC)CC. The highest BCUT2D eigenvalue weighted by atomic mass is 16.3. The van der Waals surface area contributed by atoms with E-state index in [2.05, 4.69) is 20.8 Å². The Morgan fingerprint density at radius 3 is 2.27 bits per heavy atom. The summed E-state index contributed by atoms with van der Waals surface area (Å²) in [6.45, 7) is 7.81. The van der Waals surface area contributed by atoms with Gasteiger partial charge < -0.3 is 5.11 Å². The van der Waals surface area contributed by atoms with E-state index >= 15 is 0 Å². The molecule has 1 heteroatoms. The van der Waals surface area contributed by atoms with Crippen molar-refractivity contribution < 1.29 is 5.11 Å². The van der Waals surface area contributed by atoms with Gasteiger partial charge in [0.1, 0.15) is 0 Å². The van der Waals surface area contributed by atoms with Gasteiger partial charge in [0.2, 0.25) is 0 Å². The highest BCUT2D eigenvalue weighted by molar-refractivity contribution is 4.87. The second-order valence-corrected chi connectivity index (χ2v) is 2.85. The van der Waals surface area contributed by atoms with Crippen molar-refractivity contribution in [3.8, 4) is 0 Å². The van der Waals surface area contributed by atoms with Crippen LogP contribution in [0.4, 0.5) is 0 Å². The molecule has 0 saturated heterocycles. The molecule has 0 bridgehead atoms. The first-order chi connectivity index (χ1) is 5.26. The van der Waals surface area contributed by atoms with Crippen molar-refractivity contribution in [3.05, 3.63) is 19.1 Å². The monoisotopic (exact) mass is 155 g/mol. The van der Waals surface area contributed by atoms with Gasteiger partial charge in [0.05, 0.1) is 6.10 Å². The normalized spacial score (nSPS) is 14.6. The predicted molar refractivity (Wildman–Crippen MR) is 49.2 cm³/mol. The Morgan fingerprint density at radius 1 is 1.36 bits per heavy atom. The quantitative estimate of drug-likeness (QED) is 0.647. The standard InChI is InChI=1S/C10H19O/c1-4-7-8-10(11)9(5-2)6-3/h4,7,9-11H,1,5-6,8H2,2-3H3. The van der Waals surface area contributed by atoms with Crippen LogP contribution in [-0.4, -0.2) is 11.2 Å². The maximum absolute atomic E-state index is 9.56. The van der Waals surface area contributed by atoms with E-state index in [0.717, 1.165) is 19.3 Å². The number of hydrogen-bond acceptors (Lipinski definition) is 1. The van der Waals surface area contributed by atoms with Crippen LogP contribution in [0.5, 0.6) is 0 Å². The summed E-state index contributed by atoms with van der Waals surface area (Å²) in [6.07, 6.45) is 6.35. The lowest BCUT2D eigenvalue weighted by Crippen LogP contribution is -2.17. The third-order valence-corrected chi connectivity index (χ3v) is 2.14. The molecule has 11 heavy (non-hydrogen) atoms. The van der Waals surface area contributed by atoms with E-state index < -0.39 is 0 Å². The molecular weight excluding hydrogens is 136 g/mol. The Hall–Kier alpha value is -0.300. The van der Waals surface area contributed by atoms with Gasteiger partial charge in [-0.25, -0.2) is 0 Å². The molecule has 1 nitrogen and oxygen atoms in total. The molecule has 65 valence electrons. The average molecular weight is 155 g/mol. The molecule has 1 unspecified atom stereocenters. The number of allylic oxidation sites excluding steroid dienone is 1. The minimum Gasteiger partial charge on any atom is -0.393 e.